The molecule has 1 aromatic carbocycles. The summed E-state index contributed by atoms with van der Waals surface area (Å²) in [5.74, 6) is 1.03. The number of likely N-dealkylation sites (tertiary alicyclic amines) is 1. The summed E-state index contributed by atoms with van der Waals surface area (Å²) >= 11 is 0. The van der Waals surface area contributed by atoms with Gasteiger partial charge in [0.05, 0.1) is 6.26 Å². The first-order valence-electron chi connectivity index (χ1n) is 7.77. The van der Waals surface area contributed by atoms with Crippen LogP contribution in [0.4, 0.5) is 5.69 Å². The Morgan fingerprint density at radius 3 is 2.88 bits per heavy atom. The van der Waals surface area contributed by atoms with Crippen LogP contribution in [0, 0.1) is 0 Å². The quantitative estimate of drug-likeness (QED) is 0.934. The minimum atomic E-state index is -0.506. The van der Waals surface area contributed by atoms with E-state index in [9.17, 15) is 9.59 Å². The Hall–Kier alpha value is -2.96. The van der Waals surface area contributed by atoms with E-state index in [4.69, 9.17) is 13.9 Å². The first kappa shape index (κ1) is 14.6. The van der Waals surface area contributed by atoms with Crippen LogP contribution in [-0.2, 0) is 4.79 Å². The largest absolute Gasteiger partial charge is 0.459 e. The van der Waals surface area contributed by atoms with Crippen LogP contribution >= 0.6 is 0 Å². The van der Waals surface area contributed by atoms with Crippen LogP contribution in [-0.4, -0.2) is 36.1 Å². The van der Waals surface area contributed by atoms with E-state index in [1.54, 1.807) is 35.2 Å². The molecule has 3 heterocycles. The molecule has 2 aliphatic heterocycles. The first-order chi connectivity index (χ1) is 11.7. The van der Waals surface area contributed by atoms with Gasteiger partial charge in [-0.3, -0.25) is 9.59 Å². The molecule has 7 nitrogen and oxygen atoms in total. The molecule has 7 heteroatoms. The lowest BCUT2D eigenvalue weighted by Gasteiger charge is -2.23. The zero-order valence-electron chi connectivity index (χ0n) is 12.9. The molecular formula is C17H16N2O5. The van der Waals surface area contributed by atoms with Crippen molar-refractivity contribution in [2.24, 2.45) is 0 Å². The predicted octanol–water partition coefficient (Wildman–Crippen LogP) is 2.25. The Kier molecular flexibility index (Phi) is 3.60. The maximum absolute atomic E-state index is 12.6. The highest BCUT2D eigenvalue weighted by Gasteiger charge is 2.35. The second kappa shape index (κ2) is 5.92. The Morgan fingerprint density at radius 1 is 1.17 bits per heavy atom. The minimum Gasteiger partial charge on any atom is -0.459 e. The lowest BCUT2D eigenvalue weighted by Crippen LogP contribution is -2.43. The summed E-state index contributed by atoms with van der Waals surface area (Å²) in [5.41, 5.74) is 0.613. The molecule has 1 aromatic heterocycles. The molecule has 0 aliphatic carbocycles. The summed E-state index contributed by atoms with van der Waals surface area (Å²) in [4.78, 5) is 26.6. The van der Waals surface area contributed by atoms with E-state index in [0.717, 1.165) is 6.42 Å². The van der Waals surface area contributed by atoms with E-state index < -0.39 is 6.04 Å². The van der Waals surface area contributed by atoms with Gasteiger partial charge in [0.2, 0.25) is 12.7 Å². The summed E-state index contributed by atoms with van der Waals surface area (Å²) < 4.78 is 15.7. The molecule has 0 bridgehead atoms. The molecular weight excluding hydrogens is 312 g/mol. The van der Waals surface area contributed by atoms with Gasteiger partial charge in [-0.25, -0.2) is 0 Å². The van der Waals surface area contributed by atoms with Crippen molar-refractivity contribution < 1.29 is 23.5 Å². The van der Waals surface area contributed by atoms with Crippen LogP contribution in [0.1, 0.15) is 23.4 Å². The summed E-state index contributed by atoms with van der Waals surface area (Å²) in [5, 5.41) is 2.84. The number of rotatable bonds is 3. The number of hydrogen-bond donors (Lipinski definition) is 1. The van der Waals surface area contributed by atoms with Gasteiger partial charge >= 0.3 is 0 Å². The average molecular weight is 328 g/mol. The van der Waals surface area contributed by atoms with Gasteiger partial charge in [-0.15, -0.1) is 0 Å². The number of carbonyl (C=O) groups excluding carboxylic acids is 2. The number of amides is 2. The number of benzene rings is 1. The monoisotopic (exact) mass is 328 g/mol. The summed E-state index contributed by atoms with van der Waals surface area (Å²) in [6, 6.07) is 7.97. The highest BCUT2D eigenvalue weighted by molar-refractivity contribution is 6.00. The molecule has 1 atom stereocenters. The summed E-state index contributed by atoms with van der Waals surface area (Å²) in [6.45, 7) is 0.722. The van der Waals surface area contributed by atoms with Gasteiger partial charge in [0.25, 0.3) is 5.91 Å². The second-order valence-electron chi connectivity index (χ2n) is 5.69. The van der Waals surface area contributed by atoms with Crippen molar-refractivity contribution in [1.29, 1.82) is 0 Å². The molecule has 2 aromatic rings. The zero-order valence-corrected chi connectivity index (χ0v) is 12.9. The lowest BCUT2D eigenvalue weighted by atomic mass is 10.2. The molecule has 0 saturated carbocycles. The fourth-order valence-corrected chi connectivity index (χ4v) is 3.02. The fourth-order valence-electron chi connectivity index (χ4n) is 3.02. The Morgan fingerprint density at radius 2 is 2.04 bits per heavy atom. The van der Waals surface area contributed by atoms with Gasteiger partial charge in [0, 0.05) is 18.3 Å². The number of hydrogen-bond acceptors (Lipinski definition) is 5. The van der Waals surface area contributed by atoms with Crippen molar-refractivity contribution >= 4 is 17.5 Å². The maximum Gasteiger partial charge on any atom is 0.290 e. The third-order valence-electron chi connectivity index (χ3n) is 4.19. The highest BCUT2D eigenvalue weighted by atomic mass is 16.7. The van der Waals surface area contributed by atoms with Gasteiger partial charge in [0.15, 0.2) is 17.3 Å². The number of nitrogens with zero attached hydrogens (tertiary/aromatic N) is 1. The second-order valence-corrected chi connectivity index (χ2v) is 5.69. The van der Waals surface area contributed by atoms with Crippen LogP contribution < -0.4 is 14.8 Å². The molecule has 0 unspecified atom stereocenters. The van der Waals surface area contributed by atoms with E-state index >= 15 is 0 Å². The van der Waals surface area contributed by atoms with Crippen LogP contribution in [0.15, 0.2) is 41.0 Å². The van der Waals surface area contributed by atoms with Crippen LogP contribution in [0.2, 0.25) is 0 Å². The van der Waals surface area contributed by atoms with Crippen molar-refractivity contribution in [2.75, 3.05) is 18.7 Å². The fraction of sp³-hybridized carbons (Fsp3) is 0.294. The molecule has 4 rings (SSSR count). The number of fused-ring (bicyclic) bond motifs is 1. The van der Waals surface area contributed by atoms with Crippen molar-refractivity contribution in [3.8, 4) is 11.5 Å². The van der Waals surface area contributed by atoms with Gasteiger partial charge < -0.3 is 24.1 Å². The zero-order chi connectivity index (χ0) is 16.5. The average Bonchev–Trinajstić information content (AvgIpc) is 3.33. The molecule has 24 heavy (non-hydrogen) atoms. The van der Waals surface area contributed by atoms with E-state index in [-0.39, 0.29) is 24.4 Å². The predicted molar refractivity (Wildman–Crippen MR) is 84.0 cm³/mol. The molecule has 1 saturated heterocycles. The van der Waals surface area contributed by atoms with Crippen molar-refractivity contribution in [3.63, 3.8) is 0 Å². The number of carbonyl (C=O) groups is 2. The molecule has 2 amide bonds. The number of nitrogens with one attached hydrogen (secondary N) is 1. The van der Waals surface area contributed by atoms with Gasteiger partial charge in [-0.2, -0.15) is 0 Å². The van der Waals surface area contributed by atoms with Gasteiger partial charge in [-0.05, 0) is 37.1 Å². The summed E-state index contributed by atoms with van der Waals surface area (Å²) in [6.07, 6.45) is 2.86. The lowest BCUT2D eigenvalue weighted by molar-refractivity contribution is -0.119. The molecule has 0 spiro atoms. The van der Waals surface area contributed by atoms with E-state index in [1.807, 2.05) is 0 Å². The SMILES string of the molecule is O=C(Nc1ccc2c(c1)OCO2)[C@H]1CCCN1C(=O)c1ccco1. The maximum atomic E-state index is 12.6. The van der Waals surface area contributed by atoms with Crippen LogP contribution in [0.5, 0.6) is 11.5 Å². The Labute approximate surface area is 138 Å². The molecule has 0 radical (unpaired) electrons. The summed E-state index contributed by atoms with van der Waals surface area (Å²) in [7, 11) is 0. The van der Waals surface area contributed by atoms with Gasteiger partial charge in [-0.1, -0.05) is 0 Å². The minimum absolute atomic E-state index is 0.181. The van der Waals surface area contributed by atoms with E-state index in [1.165, 1.54) is 6.26 Å². The van der Waals surface area contributed by atoms with Crippen molar-refractivity contribution in [3.05, 3.63) is 42.4 Å². The van der Waals surface area contributed by atoms with Crippen LogP contribution in [0.3, 0.4) is 0 Å². The van der Waals surface area contributed by atoms with Gasteiger partial charge in [0.1, 0.15) is 6.04 Å². The molecule has 124 valence electrons. The van der Waals surface area contributed by atoms with Crippen LogP contribution in [0.25, 0.3) is 0 Å². The topological polar surface area (TPSA) is 81.0 Å². The molecule has 1 fully saturated rings. The molecule has 1 N–H and O–H groups in total. The third kappa shape index (κ3) is 2.58. The number of ether oxygens (including phenoxy) is 2. The number of anilines is 1. The highest BCUT2D eigenvalue weighted by Crippen LogP contribution is 2.34. The van der Waals surface area contributed by atoms with E-state index in [2.05, 4.69) is 5.32 Å². The van der Waals surface area contributed by atoms with Crippen molar-refractivity contribution in [1.82, 2.24) is 4.90 Å². The standard InChI is InChI=1S/C17H16N2O5/c20-16(18-11-5-6-13-15(9-11)24-10-23-13)12-3-1-7-19(12)17(21)14-4-2-8-22-14/h2,4-6,8-9,12H,1,3,7,10H2,(H,18,20)/t12-/m1/s1. The smallest absolute Gasteiger partial charge is 0.290 e. The Bertz CT molecular complexity index is 771. The van der Waals surface area contributed by atoms with E-state index in [0.29, 0.717) is 30.2 Å². The number of furan rings is 1. The first-order valence-corrected chi connectivity index (χ1v) is 7.77. The molecule has 2 aliphatic rings. The normalized spacial score (nSPS) is 18.7. The van der Waals surface area contributed by atoms with Crippen molar-refractivity contribution in [2.45, 2.75) is 18.9 Å². The third-order valence-corrected chi connectivity index (χ3v) is 4.19. The Balaban J connectivity index is 1.48.